The number of alkyl halides is 3. The summed E-state index contributed by atoms with van der Waals surface area (Å²) in [4.78, 5) is 115. The predicted molar refractivity (Wildman–Crippen MR) is 329 cm³/mol. The molecule has 0 spiro atoms. The first-order chi connectivity index (χ1) is 45.4. The highest BCUT2D eigenvalue weighted by atomic mass is 19.1. The molecule has 0 saturated carbocycles. The number of nitrogen functional groups attached to an aromatic ring is 3. The molecule has 0 amide bonds. The van der Waals surface area contributed by atoms with E-state index < -0.39 is 139 Å². The third-order valence-electron chi connectivity index (χ3n) is 14.9. The van der Waals surface area contributed by atoms with Crippen molar-refractivity contribution in [3.8, 4) is 0 Å². The van der Waals surface area contributed by atoms with Gasteiger partial charge in [0.25, 0.3) is 0 Å². The fourth-order valence-electron chi connectivity index (χ4n) is 9.88. The molecule has 12 atom stereocenters. The van der Waals surface area contributed by atoms with Gasteiger partial charge in [-0.1, -0.05) is 127 Å². The lowest BCUT2D eigenvalue weighted by atomic mass is 10.1. The van der Waals surface area contributed by atoms with Crippen LogP contribution >= 0.6 is 0 Å². The Hall–Kier alpha value is -9.05. The number of hydrogen-bond donors (Lipinski definition) is 4. The molecular weight excluding hydrogens is 1270 g/mol. The summed E-state index contributed by atoms with van der Waals surface area (Å²) in [6, 6.07) is 3.75. The van der Waals surface area contributed by atoms with Crippen LogP contribution < -0.4 is 34.3 Å². The second kappa shape index (κ2) is 39.0. The number of anilines is 3. The van der Waals surface area contributed by atoms with Crippen molar-refractivity contribution in [2.24, 2.45) is 15.3 Å². The SMILES string of the molecule is CCC(=O)OC[C@@]1(N=[N+]=[N-])O[C@@H](n2ccc(N)nc2=O)[C@H](F)[C@@H]1OC(=O)CC.CCCCCCCC(=O)OC[C@@]1(N=[N+]=[N-])O[C@@H](n2ccc(N)nc2=O)[C@H](F)[C@@H]1OC(=O)CCCCCCC.CCCCCCCC(=O)O[C@H]1[C@@H](F)[C@H](n2ccc(N)nc2=O)O[C@@]1(CO)N=[N+]=[N-]. The molecule has 6 heterocycles. The van der Waals surface area contributed by atoms with Crippen molar-refractivity contribution in [2.75, 3.05) is 37.0 Å². The highest BCUT2D eigenvalue weighted by molar-refractivity contribution is 5.71. The minimum atomic E-state index is -2.23. The van der Waals surface area contributed by atoms with Crippen LogP contribution in [0.1, 0.15) is 182 Å². The van der Waals surface area contributed by atoms with Crippen LogP contribution in [0.15, 0.2) is 66.5 Å². The third kappa shape index (κ3) is 22.0. The predicted octanol–water partition coefficient (Wildman–Crippen LogP) is 7.81. The fourth-order valence-corrected chi connectivity index (χ4v) is 9.88. The van der Waals surface area contributed by atoms with Gasteiger partial charge in [0, 0.05) is 65.4 Å². The maximum Gasteiger partial charge on any atom is 0.351 e. The van der Waals surface area contributed by atoms with Crippen molar-refractivity contribution in [3.63, 3.8) is 0 Å². The normalized spacial score (nSPS) is 24.7. The van der Waals surface area contributed by atoms with Gasteiger partial charge in [-0.25, -0.2) is 27.6 Å². The minimum Gasteiger partial charge on any atom is -0.462 e. The molecular formula is C57H83F3N18O17. The summed E-state index contributed by atoms with van der Waals surface area (Å²) in [5.41, 5.74) is 34.0. The molecule has 95 heavy (non-hydrogen) atoms. The molecule has 38 heteroatoms. The van der Waals surface area contributed by atoms with Crippen LogP contribution in [-0.2, 0) is 61.9 Å². The van der Waals surface area contributed by atoms with Gasteiger partial charge in [0.1, 0.15) is 30.7 Å². The molecule has 0 bridgehead atoms. The van der Waals surface area contributed by atoms with E-state index in [0.29, 0.717) is 19.3 Å². The highest BCUT2D eigenvalue weighted by Gasteiger charge is 2.62. The van der Waals surface area contributed by atoms with Crippen LogP contribution in [0.2, 0.25) is 0 Å². The first kappa shape index (κ1) is 78.4. The third-order valence-corrected chi connectivity index (χ3v) is 14.9. The molecule has 7 N–H and O–H groups in total. The quantitative estimate of drug-likeness (QED) is 0.0110. The number of esters is 5. The van der Waals surface area contributed by atoms with Gasteiger partial charge in [-0.3, -0.25) is 37.7 Å². The van der Waals surface area contributed by atoms with E-state index in [1.807, 2.05) is 0 Å². The number of azide groups is 3. The van der Waals surface area contributed by atoms with Crippen molar-refractivity contribution in [1.82, 2.24) is 28.7 Å². The molecule has 6 rings (SSSR count). The van der Waals surface area contributed by atoms with Gasteiger partial charge in [0.05, 0.1) is 6.61 Å². The molecule has 3 saturated heterocycles. The van der Waals surface area contributed by atoms with Gasteiger partial charge in [0.2, 0.25) is 17.2 Å². The number of unbranched alkanes of at least 4 members (excludes halogenated alkanes) is 12. The molecule has 0 aliphatic carbocycles. The van der Waals surface area contributed by atoms with E-state index in [1.54, 1.807) is 0 Å². The number of halogens is 3. The lowest BCUT2D eigenvalue weighted by molar-refractivity contribution is -0.178. The van der Waals surface area contributed by atoms with Crippen LogP contribution in [0.4, 0.5) is 30.6 Å². The minimum absolute atomic E-state index is 0.00438. The lowest BCUT2D eigenvalue weighted by Gasteiger charge is -2.28. The van der Waals surface area contributed by atoms with Crippen molar-refractivity contribution in [2.45, 2.75) is 236 Å². The maximum absolute atomic E-state index is 15.8. The van der Waals surface area contributed by atoms with E-state index in [1.165, 1.54) is 38.2 Å². The average Bonchev–Trinajstić information content (AvgIpc) is 1.63. The molecule has 3 aromatic rings. The Kier molecular flexibility index (Phi) is 32.2. The molecule has 0 aromatic carbocycles. The molecule has 35 nitrogen and oxygen atoms in total. The van der Waals surface area contributed by atoms with Crippen LogP contribution in [0.5, 0.6) is 0 Å². The van der Waals surface area contributed by atoms with Gasteiger partial charge in [-0.15, -0.1) is 0 Å². The number of aliphatic hydroxyl groups is 1. The van der Waals surface area contributed by atoms with E-state index in [-0.39, 0.29) is 49.6 Å². The molecule has 3 fully saturated rings. The molecule has 3 aliphatic heterocycles. The van der Waals surface area contributed by atoms with Crippen molar-refractivity contribution in [3.05, 3.63) is 99.6 Å². The average molecular weight is 1350 g/mol. The standard InChI is InChI=1S/C25H39FN6O6.C17H25FN6O5.C15H19FN6O6/c1-3-5-7-9-11-13-19(33)36-17-25(30-31-28)22(37-20(34)14-12-10-8-6-4-2)21(26)23(38-25)32-16-15-18(27)29-24(32)35;1-2-3-4-5-6-7-12(26)28-14-13(18)15(29-17(14,10-25)22-23-20)24-9-8-11(19)21-16(24)27;1-3-9(23)26-7-15(20-21-18)12(27-10(24)4-2)11(16)13(28-15)22-6-5-8(17)19-14(22)25/h15-16,21-23H,3-14,17H2,1-2H3,(H2,27,29,35);8-9,13-15,25H,2-7,10H2,1H3,(H2,19,21,27);5-6,11-13H,3-4,7H2,1-2H3,(H2,17,19,25)/t21-,22+,23-,25-;13-,14+,15-,17-;11-,12+,13-,15-/m111/s1. The van der Waals surface area contributed by atoms with Gasteiger partial charge < -0.3 is 60.2 Å². The first-order valence-corrected chi connectivity index (χ1v) is 31.1. The van der Waals surface area contributed by atoms with Crippen molar-refractivity contribution >= 4 is 47.3 Å². The van der Waals surface area contributed by atoms with E-state index in [2.05, 4.69) is 65.8 Å². The Morgan fingerprint density at radius 2 is 0.789 bits per heavy atom. The Labute approximate surface area is 542 Å². The summed E-state index contributed by atoms with van der Waals surface area (Å²) < 4.78 is 91.0. The van der Waals surface area contributed by atoms with Crippen LogP contribution in [0, 0.1) is 0 Å². The molecule has 524 valence electrons. The van der Waals surface area contributed by atoms with Gasteiger partial charge in [-0.2, -0.15) is 15.0 Å². The number of hydrogen-bond acceptors (Lipinski definition) is 26. The van der Waals surface area contributed by atoms with Crippen LogP contribution in [0.25, 0.3) is 31.3 Å². The Balaban J connectivity index is 0.000000308. The number of rotatable bonds is 34. The first-order valence-electron chi connectivity index (χ1n) is 31.1. The van der Waals surface area contributed by atoms with E-state index in [9.17, 15) is 49.0 Å². The zero-order valence-electron chi connectivity index (χ0n) is 53.5. The zero-order valence-corrected chi connectivity index (χ0v) is 53.5. The Morgan fingerprint density at radius 3 is 1.11 bits per heavy atom. The highest BCUT2D eigenvalue weighted by Crippen LogP contribution is 2.45. The number of aliphatic hydroxyl groups excluding tert-OH is 1. The van der Waals surface area contributed by atoms with Gasteiger partial charge >= 0.3 is 46.9 Å². The molecule has 0 radical (unpaired) electrons. The topological polar surface area (TPSA) is 508 Å². The largest absolute Gasteiger partial charge is 0.462 e. The second-order valence-corrected chi connectivity index (χ2v) is 22.0. The number of ether oxygens (including phenoxy) is 8. The lowest BCUT2D eigenvalue weighted by Crippen LogP contribution is -2.47. The number of nitrogens with zero attached hydrogens (tertiary/aromatic N) is 15. The van der Waals surface area contributed by atoms with E-state index in [0.717, 1.165) is 103 Å². The molecule has 0 unspecified atom stereocenters. The number of carbonyl (C=O) groups excluding carboxylic acids is 5. The molecule has 3 aliphatic rings. The molecule has 3 aromatic heterocycles. The Morgan fingerprint density at radius 1 is 0.495 bits per heavy atom. The van der Waals surface area contributed by atoms with Crippen molar-refractivity contribution in [1.29, 1.82) is 0 Å². The summed E-state index contributed by atoms with van der Waals surface area (Å²) in [6.45, 7) is 6.84. The fraction of sp³-hybridized carbons (Fsp3) is 0.702. The zero-order chi connectivity index (χ0) is 70.3. The van der Waals surface area contributed by atoms with E-state index in [4.69, 9.17) is 66.2 Å². The number of nitrogens with two attached hydrogens (primary N) is 3. The number of aromatic nitrogens is 6. The summed E-state index contributed by atoms with van der Waals surface area (Å²) in [7, 11) is 0. The van der Waals surface area contributed by atoms with Gasteiger partial charge in [0.15, 0.2) is 55.5 Å². The summed E-state index contributed by atoms with van der Waals surface area (Å²) in [5.74, 6) is -3.77. The summed E-state index contributed by atoms with van der Waals surface area (Å²) >= 11 is 0. The summed E-state index contributed by atoms with van der Waals surface area (Å²) in [5, 5.41) is 20.0. The summed E-state index contributed by atoms with van der Waals surface area (Å²) in [6.07, 6.45) is 0.294. The maximum atomic E-state index is 15.8. The van der Waals surface area contributed by atoms with Crippen molar-refractivity contribution < 1.29 is 80.1 Å². The van der Waals surface area contributed by atoms with E-state index >= 15 is 13.2 Å². The Bertz CT molecular complexity index is 3370. The second-order valence-electron chi connectivity index (χ2n) is 22.0. The monoisotopic (exact) mass is 1350 g/mol. The smallest absolute Gasteiger partial charge is 0.351 e. The van der Waals surface area contributed by atoms with Crippen LogP contribution in [0.3, 0.4) is 0 Å². The van der Waals surface area contributed by atoms with Crippen LogP contribution in [-0.4, -0.2) is 137 Å². The van der Waals surface area contributed by atoms with Gasteiger partial charge in [-0.05, 0) is 54.1 Å². The number of carbonyl (C=O) groups is 5.